The highest BCUT2D eigenvalue weighted by Crippen LogP contribution is 2.18. The fourth-order valence-electron chi connectivity index (χ4n) is 2.77. The average Bonchev–Trinajstić information content (AvgIpc) is 3.08. The summed E-state index contributed by atoms with van der Waals surface area (Å²) >= 11 is 0. The first-order valence-electron chi connectivity index (χ1n) is 8.45. The van der Waals surface area contributed by atoms with Crippen LogP contribution in [0.25, 0.3) is 11.3 Å². The molecule has 2 aromatic heterocycles. The van der Waals surface area contributed by atoms with Crippen LogP contribution >= 0.6 is 0 Å². The van der Waals surface area contributed by atoms with E-state index in [1.54, 1.807) is 23.3 Å². The number of carbonyl (C=O) groups excluding carboxylic acids is 1. The zero-order valence-corrected chi connectivity index (χ0v) is 14.6. The van der Waals surface area contributed by atoms with Gasteiger partial charge in [-0.1, -0.05) is 37.3 Å². The molecule has 0 radical (unpaired) electrons. The summed E-state index contributed by atoms with van der Waals surface area (Å²) in [5.74, 6) is -0.0412. The van der Waals surface area contributed by atoms with E-state index in [-0.39, 0.29) is 5.91 Å². The lowest BCUT2D eigenvalue weighted by Crippen LogP contribution is -2.31. The van der Waals surface area contributed by atoms with Crippen molar-refractivity contribution < 1.29 is 4.79 Å². The van der Waals surface area contributed by atoms with Crippen LogP contribution in [0.5, 0.6) is 0 Å². The van der Waals surface area contributed by atoms with Crippen molar-refractivity contribution in [1.82, 2.24) is 19.4 Å². The molecule has 0 unspecified atom stereocenters. The smallest absolute Gasteiger partial charge is 0.274 e. The average molecular weight is 334 g/mol. The Morgan fingerprint density at radius 3 is 2.64 bits per heavy atom. The van der Waals surface area contributed by atoms with Gasteiger partial charge in [-0.3, -0.25) is 9.78 Å². The minimum absolute atomic E-state index is 0.0412. The summed E-state index contributed by atoms with van der Waals surface area (Å²) in [6.07, 6.45) is 6.10. The standard InChI is InChI=1S/C20H22N4O/c1-3-11-24(20(25)19-14-23(2)15-22-19)13-16-9-10-21-18(12-16)17-7-5-4-6-8-17/h4-10,12,14-15H,3,11,13H2,1-2H3. The monoisotopic (exact) mass is 334 g/mol. The zero-order chi connectivity index (χ0) is 17.6. The number of nitrogens with zero attached hydrogens (tertiary/aromatic N) is 4. The molecule has 0 saturated carbocycles. The minimum Gasteiger partial charge on any atom is -0.340 e. The number of carbonyl (C=O) groups is 1. The molecule has 2 heterocycles. The number of pyridine rings is 1. The van der Waals surface area contributed by atoms with Crippen LogP contribution in [0.4, 0.5) is 0 Å². The number of hydrogen-bond acceptors (Lipinski definition) is 3. The van der Waals surface area contributed by atoms with Crippen molar-refractivity contribution in [3.05, 3.63) is 72.4 Å². The molecule has 0 saturated heterocycles. The molecule has 0 aliphatic carbocycles. The third-order valence-corrected chi connectivity index (χ3v) is 3.97. The molecule has 5 heteroatoms. The molecule has 25 heavy (non-hydrogen) atoms. The number of imidazole rings is 1. The molecule has 3 rings (SSSR count). The fraction of sp³-hybridized carbons (Fsp3) is 0.250. The molecule has 0 spiro atoms. The predicted octanol–water partition coefficient (Wildman–Crippen LogP) is 3.53. The van der Waals surface area contributed by atoms with Crippen LogP contribution in [-0.4, -0.2) is 31.9 Å². The van der Waals surface area contributed by atoms with E-state index in [2.05, 4.69) is 16.9 Å². The van der Waals surface area contributed by atoms with Gasteiger partial charge in [0.15, 0.2) is 0 Å². The Hall–Kier alpha value is -2.95. The summed E-state index contributed by atoms with van der Waals surface area (Å²) in [6, 6.07) is 14.1. The van der Waals surface area contributed by atoms with Gasteiger partial charge in [0, 0.05) is 38.1 Å². The molecule has 0 atom stereocenters. The second-order valence-electron chi connectivity index (χ2n) is 6.07. The van der Waals surface area contributed by atoms with E-state index in [1.165, 1.54) is 0 Å². The van der Waals surface area contributed by atoms with E-state index in [0.29, 0.717) is 18.8 Å². The highest BCUT2D eigenvalue weighted by Gasteiger charge is 2.18. The van der Waals surface area contributed by atoms with Crippen molar-refractivity contribution in [1.29, 1.82) is 0 Å². The first-order chi connectivity index (χ1) is 12.2. The molecule has 0 aliphatic rings. The molecule has 1 aromatic carbocycles. The van der Waals surface area contributed by atoms with E-state index >= 15 is 0 Å². The molecule has 0 aliphatic heterocycles. The number of aromatic nitrogens is 3. The first-order valence-corrected chi connectivity index (χ1v) is 8.45. The summed E-state index contributed by atoms with van der Waals surface area (Å²) in [5.41, 5.74) is 3.53. The van der Waals surface area contributed by atoms with Gasteiger partial charge in [0.05, 0.1) is 12.0 Å². The van der Waals surface area contributed by atoms with E-state index in [1.807, 2.05) is 54.4 Å². The Balaban J connectivity index is 1.82. The highest BCUT2D eigenvalue weighted by atomic mass is 16.2. The van der Waals surface area contributed by atoms with E-state index < -0.39 is 0 Å². The third-order valence-electron chi connectivity index (χ3n) is 3.97. The fourth-order valence-corrected chi connectivity index (χ4v) is 2.77. The maximum Gasteiger partial charge on any atom is 0.274 e. The summed E-state index contributed by atoms with van der Waals surface area (Å²) in [7, 11) is 1.86. The molecule has 1 amide bonds. The second-order valence-corrected chi connectivity index (χ2v) is 6.07. The Labute approximate surface area is 148 Å². The van der Waals surface area contributed by atoms with Gasteiger partial charge in [-0.25, -0.2) is 4.98 Å². The van der Waals surface area contributed by atoms with Gasteiger partial charge in [-0.2, -0.15) is 0 Å². The first kappa shape index (κ1) is 16.9. The summed E-state index contributed by atoms with van der Waals surface area (Å²) in [4.78, 5) is 23.2. The van der Waals surface area contributed by atoms with Gasteiger partial charge in [-0.15, -0.1) is 0 Å². The van der Waals surface area contributed by atoms with E-state index in [9.17, 15) is 4.79 Å². The Morgan fingerprint density at radius 2 is 1.96 bits per heavy atom. The number of aryl methyl sites for hydroxylation is 1. The van der Waals surface area contributed by atoms with Gasteiger partial charge in [0.1, 0.15) is 5.69 Å². The largest absolute Gasteiger partial charge is 0.340 e. The van der Waals surface area contributed by atoms with E-state index in [4.69, 9.17) is 0 Å². The van der Waals surface area contributed by atoms with Crippen LogP contribution in [0.1, 0.15) is 29.4 Å². The lowest BCUT2D eigenvalue weighted by atomic mass is 10.1. The Bertz CT molecular complexity index is 842. The van der Waals surface area contributed by atoms with Crippen molar-refractivity contribution >= 4 is 5.91 Å². The van der Waals surface area contributed by atoms with Gasteiger partial charge in [0.25, 0.3) is 5.91 Å². The van der Waals surface area contributed by atoms with Gasteiger partial charge >= 0.3 is 0 Å². The molecular weight excluding hydrogens is 312 g/mol. The Kier molecular flexibility index (Phi) is 5.23. The number of rotatable bonds is 6. The molecule has 0 fully saturated rings. The van der Waals surface area contributed by atoms with Crippen LogP contribution in [0.15, 0.2) is 61.2 Å². The molecule has 0 bridgehead atoms. The van der Waals surface area contributed by atoms with Crippen molar-refractivity contribution in [2.24, 2.45) is 7.05 Å². The van der Waals surface area contributed by atoms with Crippen LogP contribution < -0.4 is 0 Å². The summed E-state index contributed by atoms with van der Waals surface area (Å²) in [5, 5.41) is 0. The summed E-state index contributed by atoms with van der Waals surface area (Å²) < 4.78 is 1.79. The van der Waals surface area contributed by atoms with Gasteiger partial charge in [-0.05, 0) is 24.1 Å². The highest BCUT2D eigenvalue weighted by molar-refractivity contribution is 5.92. The topological polar surface area (TPSA) is 51.0 Å². The van der Waals surface area contributed by atoms with Gasteiger partial charge in [0.2, 0.25) is 0 Å². The molecule has 3 aromatic rings. The Morgan fingerprint density at radius 1 is 1.16 bits per heavy atom. The minimum atomic E-state index is -0.0412. The normalized spacial score (nSPS) is 10.6. The van der Waals surface area contributed by atoms with Crippen LogP contribution in [0, 0.1) is 0 Å². The quantitative estimate of drug-likeness (QED) is 0.693. The second kappa shape index (κ2) is 7.75. The zero-order valence-electron chi connectivity index (χ0n) is 14.6. The maximum absolute atomic E-state index is 12.7. The van der Waals surface area contributed by atoms with Crippen LogP contribution in [-0.2, 0) is 13.6 Å². The number of amides is 1. The van der Waals surface area contributed by atoms with Gasteiger partial charge < -0.3 is 9.47 Å². The predicted molar refractivity (Wildman–Crippen MR) is 97.9 cm³/mol. The van der Waals surface area contributed by atoms with Crippen molar-refractivity contribution in [2.75, 3.05) is 6.54 Å². The van der Waals surface area contributed by atoms with E-state index in [0.717, 1.165) is 23.2 Å². The third kappa shape index (κ3) is 4.12. The van der Waals surface area contributed by atoms with Crippen LogP contribution in [0.2, 0.25) is 0 Å². The maximum atomic E-state index is 12.7. The van der Waals surface area contributed by atoms with Crippen molar-refractivity contribution in [2.45, 2.75) is 19.9 Å². The van der Waals surface area contributed by atoms with Crippen molar-refractivity contribution in [3.63, 3.8) is 0 Å². The lowest BCUT2D eigenvalue weighted by Gasteiger charge is -2.21. The number of hydrogen-bond donors (Lipinski definition) is 0. The molecular formula is C20H22N4O. The lowest BCUT2D eigenvalue weighted by molar-refractivity contribution is 0.0737. The van der Waals surface area contributed by atoms with Crippen LogP contribution in [0.3, 0.4) is 0 Å². The van der Waals surface area contributed by atoms with Crippen molar-refractivity contribution in [3.8, 4) is 11.3 Å². The number of benzene rings is 1. The molecule has 0 N–H and O–H groups in total. The summed E-state index contributed by atoms with van der Waals surface area (Å²) in [6.45, 7) is 3.31. The molecule has 128 valence electrons. The molecule has 5 nitrogen and oxygen atoms in total. The SMILES string of the molecule is CCCN(Cc1ccnc(-c2ccccc2)c1)C(=O)c1cn(C)cn1.